The molecule has 162 valence electrons. The Kier molecular flexibility index (Phi) is 5.83. The quantitative estimate of drug-likeness (QED) is 0.619. The van der Waals surface area contributed by atoms with E-state index in [-0.39, 0.29) is 24.0 Å². The van der Waals surface area contributed by atoms with Gasteiger partial charge in [0.15, 0.2) is 0 Å². The van der Waals surface area contributed by atoms with Crippen molar-refractivity contribution in [2.45, 2.75) is 32.4 Å². The van der Waals surface area contributed by atoms with Crippen LogP contribution < -0.4 is 5.32 Å². The third-order valence-electron chi connectivity index (χ3n) is 5.68. The first-order valence-corrected chi connectivity index (χ1v) is 10.7. The molecular weight excluding hydrogens is 390 g/mol. The lowest BCUT2D eigenvalue weighted by molar-refractivity contribution is -0.131. The highest BCUT2D eigenvalue weighted by Crippen LogP contribution is 2.35. The highest BCUT2D eigenvalue weighted by Gasteiger charge is 2.34. The molecule has 0 bridgehead atoms. The number of carbonyl (C=O) groups excluding carboxylic acids is 2. The molecule has 6 nitrogen and oxygen atoms in total. The number of nitrogens with one attached hydrogen (secondary N) is 2. The van der Waals surface area contributed by atoms with E-state index in [2.05, 4.69) is 22.4 Å². The maximum absolute atomic E-state index is 12.8. The second kappa shape index (κ2) is 8.55. The second-order valence-corrected chi connectivity index (χ2v) is 8.77. The van der Waals surface area contributed by atoms with Crippen molar-refractivity contribution in [3.63, 3.8) is 0 Å². The number of aromatic nitrogens is 1. The van der Waals surface area contributed by atoms with Crippen LogP contribution in [-0.2, 0) is 16.0 Å². The monoisotopic (exact) mass is 419 g/mol. The van der Waals surface area contributed by atoms with Crippen molar-refractivity contribution in [3.05, 3.63) is 70.9 Å². The molecule has 1 aliphatic rings. The van der Waals surface area contributed by atoms with E-state index in [0.717, 1.165) is 22.2 Å². The number of likely N-dealkylation sites (N-methyl/N-ethyl adjacent to an activating group) is 1. The first-order valence-electron chi connectivity index (χ1n) is 10.7. The van der Waals surface area contributed by atoms with E-state index in [1.807, 2.05) is 38.1 Å². The molecular formula is C25H29N3O3. The summed E-state index contributed by atoms with van der Waals surface area (Å²) in [4.78, 5) is 30.3. The van der Waals surface area contributed by atoms with E-state index < -0.39 is 0 Å². The number of fused-ring (bicyclic) bond motifs is 3. The minimum Gasteiger partial charge on any atom is -0.462 e. The Morgan fingerprint density at radius 2 is 1.81 bits per heavy atom. The molecule has 3 aromatic rings. The Morgan fingerprint density at radius 1 is 1.10 bits per heavy atom. The summed E-state index contributed by atoms with van der Waals surface area (Å²) in [6, 6.07) is 15.1. The van der Waals surface area contributed by atoms with Gasteiger partial charge in [-0.3, -0.25) is 10.1 Å². The molecule has 0 saturated carbocycles. The van der Waals surface area contributed by atoms with E-state index in [9.17, 15) is 9.59 Å². The number of para-hydroxylation sites is 1. The van der Waals surface area contributed by atoms with Gasteiger partial charge in [-0.1, -0.05) is 44.2 Å². The molecule has 1 amide bonds. The molecule has 0 aliphatic carbocycles. The highest BCUT2D eigenvalue weighted by atomic mass is 16.5. The summed E-state index contributed by atoms with van der Waals surface area (Å²) in [5.41, 5.74) is 4.81. The number of hydrogen-bond donors (Lipinski definition) is 2. The highest BCUT2D eigenvalue weighted by molar-refractivity contribution is 5.90. The summed E-state index contributed by atoms with van der Waals surface area (Å²) in [6.45, 7) is 4.42. The Bertz CT molecular complexity index is 1100. The van der Waals surface area contributed by atoms with Crippen molar-refractivity contribution in [3.8, 4) is 0 Å². The number of rotatable bonds is 5. The Hall–Kier alpha value is -3.12. The first-order chi connectivity index (χ1) is 14.8. The number of carbonyl (C=O) groups is 2. The molecule has 0 fully saturated rings. The van der Waals surface area contributed by atoms with Crippen molar-refractivity contribution < 1.29 is 14.3 Å². The van der Waals surface area contributed by atoms with Crippen LogP contribution in [0.2, 0.25) is 0 Å². The van der Waals surface area contributed by atoms with Gasteiger partial charge in [0, 0.05) is 30.7 Å². The molecule has 31 heavy (non-hydrogen) atoms. The summed E-state index contributed by atoms with van der Waals surface area (Å²) in [5.74, 6) is 0.0277. The maximum atomic E-state index is 12.8. The van der Waals surface area contributed by atoms with Crippen molar-refractivity contribution in [1.29, 1.82) is 0 Å². The predicted octanol–water partition coefficient (Wildman–Crippen LogP) is 3.67. The maximum Gasteiger partial charge on any atom is 0.338 e. The zero-order valence-electron chi connectivity index (χ0n) is 18.4. The third-order valence-corrected chi connectivity index (χ3v) is 5.68. The molecule has 1 aliphatic heterocycles. The van der Waals surface area contributed by atoms with Gasteiger partial charge in [-0.05, 0) is 41.7 Å². The van der Waals surface area contributed by atoms with Crippen LogP contribution in [0.15, 0.2) is 48.5 Å². The molecule has 0 saturated heterocycles. The SMILES string of the molecule is CC(C)COC(=O)c1ccc([C@@H]2N[C@@H](C(=O)N(C)C)Cc3c2[nH]c2ccccc32)cc1. The largest absolute Gasteiger partial charge is 0.462 e. The number of nitrogens with zero attached hydrogens (tertiary/aromatic N) is 1. The van der Waals surface area contributed by atoms with Gasteiger partial charge in [0.1, 0.15) is 0 Å². The van der Waals surface area contributed by atoms with E-state index >= 15 is 0 Å². The second-order valence-electron chi connectivity index (χ2n) is 8.77. The molecule has 4 rings (SSSR count). The molecule has 2 aromatic carbocycles. The van der Waals surface area contributed by atoms with Crippen LogP contribution in [0.1, 0.15) is 47.1 Å². The van der Waals surface area contributed by atoms with Crippen LogP contribution in [0.4, 0.5) is 0 Å². The first kappa shape index (κ1) is 21.1. The minimum absolute atomic E-state index is 0.0508. The van der Waals surface area contributed by atoms with E-state index in [1.54, 1.807) is 31.1 Å². The molecule has 1 aromatic heterocycles. The van der Waals surface area contributed by atoms with Crippen LogP contribution in [0.3, 0.4) is 0 Å². The standard InChI is InChI=1S/C25H29N3O3/c1-15(2)14-31-25(30)17-11-9-16(10-12-17)22-23-19(13-21(27-22)24(29)28(3)4)18-7-5-6-8-20(18)26-23/h5-12,15,21-22,26-27H,13-14H2,1-4H3/t21-,22+/m1/s1. The zero-order chi connectivity index (χ0) is 22.1. The lowest BCUT2D eigenvalue weighted by Crippen LogP contribution is -2.49. The zero-order valence-corrected chi connectivity index (χ0v) is 18.4. The third kappa shape index (κ3) is 4.21. The lowest BCUT2D eigenvalue weighted by Gasteiger charge is -2.32. The smallest absolute Gasteiger partial charge is 0.338 e. The topological polar surface area (TPSA) is 74.4 Å². The van der Waals surface area contributed by atoms with Crippen molar-refractivity contribution in [2.24, 2.45) is 5.92 Å². The van der Waals surface area contributed by atoms with E-state index in [1.165, 1.54) is 5.56 Å². The molecule has 2 atom stereocenters. The summed E-state index contributed by atoms with van der Waals surface area (Å²) in [6.07, 6.45) is 0.631. The van der Waals surface area contributed by atoms with Crippen molar-refractivity contribution in [1.82, 2.24) is 15.2 Å². The van der Waals surface area contributed by atoms with E-state index in [4.69, 9.17) is 4.74 Å². The summed E-state index contributed by atoms with van der Waals surface area (Å²) in [7, 11) is 3.56. The number of ether oxygens (including phenoxy) is 1. The number of esters is 1. The van der Waals surface area contributed by atoms with Crippen molar-refractivity contribution in [2.75, 3.05) is 20.7 Å². The average Bonchev–Trinajstić information content (AvgIpc) is 3.15. The van der Waals surface area contributed by atoms with Crippen LogP contribution in [0, 0.1) is 5.92 Å². The summed E-state index contributed by atoms with van der Waals surface area (Å²) < 4.78 is 5.33. The lowest BCUT2D eigenvalue weighted by atomic mass is 9.89. The number of amides is 1. The minimum atomic E-state index is -0.317. The summed E-state index contributed by atoms with van der Waals surface area (Å²) in [5, 5.41) is 4.67. The van der Waals surface area contributed by atoms with Crippen LogP contribution in [-0.4, -0.2) is 48.5 Å². The van der Waals surface area contributed by atoms with Gasteiger partial charge >= 0.3 is 5.97 Å². The fourth-order valence-electron chi connectivity index (χ4n) is 4.11. The number of aromatic amines is 1. The number of benzene rings is 2. The van der Waals surface area contributed by atoms with Crippen LogP contribution in [0.5, 0.6) is 0 Å². The predicted molar refractivity (Wildman–Crippen MR) is 121 cm³/mol. The van der Waals surface area contributed by atoms with Gasteiger partial charge in [-0.2, -0.15) is 0 Å². The van der Waals surface area contributed by atoms with Gasteiger partial charge in [0.25, 0.3) is 0 Å². The average molecular weight is 420 g/mol. The molecule has 0 spiro atoms. The Balaban J connectivity index is 1.68. The van der Waals surface area contributed by atoms with Crippen LogP contribution >= 0.6 is 0 Å². The molecule has 6 heteroatoms. The fourth-order valence-corrected chi connectivity index (χ4v) is 4.11. The number of hydrogen-bond acceptors (Lipinski definition) is 4. The molecule has 0 radical (unpaired) electrons. The van der Waals surface area contributed by atoms with E-state index in [0.29, 0.717) is 24.5 Å². The fraction of sp³-hybridized carbons (Fsp3) is 0.360. The normalized spacial score (nSPS) is 18.1. The van der Waals surface area contributed by atoms with Gasteiger partial charge < -0.3 is 14.6 Å². The Morgan fingerprint density at radius 3 is 2.48 bits per heavy atom. The molecule has 2 heterocycles. The van der Waals surface area contributed by atoms with Crippen molar-refractivity contribution >= 4 is 22.8 Å². The van der Waals surface area contributed by atoms with Crippen LogP contribution in [0.25, 0.3) is 10.9 Å². The van der Waals surface area contributed by atoms with Gasteiger partial charge in [0.2, 0.25) is 5.91 Å². The van der Waals surface area contributed by atoms with Gasteiger partial charge in [0.05, 0.1) is 24.3 Å². The number of H-pyrrole nitrogens is 1. The molecule has 2 N–H and O–H groups in total. The van der Waals surface area contributed by atoms with Gasteiger partial charge in [-0.15, -0.1) is 0 Å². The molecule has 0 unspecified atom stereocenters. The summed E-state index contributed by atoms with van der Waals surface area (Å²) >= 11 is 0. The Labute approximate surface area is 182 Å². The van der Waals surface area contributed by atoms with Gasteiger partial charge in [-0.25, -0.2) is 4.79 Å².